The fourth-order valence-electron chi connectivity index (χ4n) is 2.02. The van der Waals surface area contributed by atoms with Crippen LogP contribution in [0.15, 0.2) is 30.8 Å². The molecule has 0 atom stereocenters. The van der Waals surface area contributed by atoms with Crippen molar-refractivity contribution in [2.45, 2.75) is 20.8 Å². The molecule has 1 heteroatoms. The molecule has 1 nitrogen and oxygen atoms in total. The highest BCUT2D eigenvalue weighted by molar-refractivity contribution is 5.87. The lowest BCUT2D eigenvalue weighted by molar-refractivity contribution is 1.06. The fourth-order valence-corrected chi connectivity index (χ4v) is 2.02. The second-order valence-electron chi connectivity index (χ2n) is 3.80. The monoisotopic (exact) mass is 185 g/mol. The molecule has 0 aliphatic heterocycles. The quantitative estimate of drug-likeness (QED) is 0.637. The highest BCUT2D eigenvalue weighted by Gasteiger charge is 2.09. The third-order valence-electron chi connectivity index (χ3n) is 2.81. The Kier molecular flexibility index (Phi) is 1.95. The normalized spacial score (nSPS) is 10.8. The summed E-state index contributed by atoms with van der Waals surface area (Å²) in [7, 11) is 0. The maximum atomic E-state index is 4.01. The molecule has 1 aromatic heterocycles. The van der Waals surface area contributed by atoms with Crippen molar-refractivity contribution < 1.29 is 0 Å². The van der Waals surface area contributed by atoms with E-state index in [0.29, 0.717) is 0 Å². The van der Waals surface area contributed by atoms with E-state index >= 15 is 0 Å². The Bertz CT molecular complexity index is 503. The van der Waals surface area contributed by atoms with Crippen LogP contribution in [0.4, 0.5) is 0 Å². The van der Waals surface area contributed by atoms with Gasteiger partial charge in [-0.25, -0.2) is 0 Å². The second kappa shape index (κ2) is 3.02. The van der Waals surface area contributed by atoms with E-state index in [0.717, 1.165) is 5.70 Å². The predicted octanol–water partition coefficient (Wildman–Crippen LogP) is 3.75. The van der Waals surface area contributed by atoms with Gasteiger partial charge in [0, 0.05) is 16.8 Å². The molecule has 14 heavy (non-hydrogen) atoms. The number of hydrogen-bond acceptors (Lipinski definition) is 0. The molecular weight excluding hydrogens is 170 g/mol. The predicted molar refractivity (Wildman–Crippen MR) is 62.4 cm³/mol. The van der Waals surface area contributed by atoms with Gasteiger partial charge in [-0.15, -0.1) is 0 Å². The van der Waals surface area contributed by atoms with Gasteiger partial charge in [0.1, 0.15) is 0 Å². The van der Waals surface area contributed by atoms with Crippen LogP contribution in [0.5, 0.6) is 0 Å². The minimum Gasteiger partial charge on any atom is -0.318 e. The zero-order valence-corrected chi connectivity index (χ0v) is 8.96. The van der Waals surface area contributed by atoms with Crippen molar-refractivity contribution in [3.8, 4) is 0 Å². The molecule has 0 saturated carbocycles. The topological polar surface area (TPSA) is 4.93 Å². The van der Waals surface area contributed by atoms with Crippen LogP contribution in [-0.4, -0.2) is 4.57 Å². The van der Waals surface area contributed by atoms with E-state index in [2.05, 4.69) is 49.3 Å². The summed E-state index contributed by atoms with van der Waals surface area (Å²) in [5, 5.41) is 1.33. The first-order valence-electron chi connectivity index (χ1n) is 4.85. The second-order valence-corrected chi connectivity index (χ2v) is 3.80. The molecule has 0 unspecified atom stereocenters. The van der Waals surface area contributed by atoms with Gasteiger partial charge >= 0.3 is 0 Å². The van der Waals surface area contributed by atoms with Crippen LogP contribution in [0.2, 0.25) is 0 Å². The van der Waals surface area contributed by atoms with Gasteiger partial charge in [0.15, 0.2) is 0 Å². The Morgan fingerprint density at radius 1 is 1.21 bits per heavy atom. The van der Waals surface area contributed by atoms with Crippen LogP contribution >= 0.6 is 0 Å². The molecule has 0 bridgehead atoms. The van der Waals surface area contributed by atoms with E-state index in [9.17, 15) is 0 Å². The Morgan fingerprint density at radius 2 is 1.86 bits per heavy atom. The van der Waals surface area contributed by atoms with Crippen molar-refractivity contribution in [2.24, 2.45) is 0 Å². The fraction of sp³-hybridized carbons (Fsp3) is 0.231. The van der Waals surface area contributed by atoms with Crippen LogP contribution < -0.4 is 0 Å². The van der Waals surface area contributed by atoms with E-state index in [1.54, 1.807) is 0 Å². The van der Waals surface area contributed by atoms with Gasteiger partial charge in [0.25, 0.3) is 0 Å². The Morgan fingerprint density at radius 3 is 2.50 bits per heavy atom. The summed E-state index contributed by atoms with van der Waals surface area (Å²) < 4.78 is 2.21. The van der Waals surface area contributed by atoms with E-state index in [-0.39, 0.29) is 0 Å². The minimum atomic E-state index is 1.08. The van der Waals surface area contributed by atoms with Crippen molar-refractivity contribution in [3.63, 3.8) is 0 Å². The number of benzene rings is 1. The highest BCUT2D eigenvalue weighted by Crippen LogP contribution is 2.26. The van der Waals surface area contributed by atoms with Crippen molar-refractivity contribution >= 4 is 16.6 Å². The zero-order chi connectivity index (χ0) is 10.3. The first kappa shape index (κ1) is 9.07. The number of para-hydroxylation sites is 1. The van der Waals surface area contributed by atoms with E-state index in [4.69, 9.17) is 0 Å². The lowest BCUT2D eigenvalue weighted by atomic mass is 10.2. The summed E-state index contributed by atoms with van der Waals surface area (Å²) in [6, 6.07) is 8.46. The highest BCUT2D eigenvalue weighted by atomic mass is 15.0. The average molecular weight is 185 g/mol. The van der Waals surface area contributed by atoms with Gasteiger partial charge in [0.2, 0.25) is 0 Å². The van der Waals surface area contributed by atoms with Crippen molar-refractivity contribution in [2.75, 3.05) is 0 Å². The summed E-state index contributed by atoms with van der Waals surface area (Å²) in [6.07, 6.45) is 0. The third-order valence-corrected chi connectivity index (χ3v) is 2.81. The van der Waals surface area contributed by atoms with Gasteiger partial charge in [-0.3, -0.25) is 0 Å². The SMILES string of the molecule is C=C(C)n1c(C)c(C)c2ccccc21. The maximum Gasteiger partial charge on any atom is 0.0530 e. The molecule has 1 heterocycles. The molecular formula is C13H15N. The number of nitrogens with zero attached hydrogens (tertiary/aromatic N) is 1. The van der Waals surface area contributed by atoms with Crippen molar-refractivity contribution in [3.05, 3.63) is 42.1 Å². The summed E-state index contributed by atoms with van der Waals surface area (Å²) in [6.45, 7) is 10.4. The third kappa shape index (κ3) is 1.09. The van der Waals surface area contributed by atoms with Crippen LogP contribution in [0.1, 0.15) is 18.2 Å². The Balaban J connectivity index is 2.95. The zero-order valence-electron chi connectivity index (χ0n) is 8.96. The van der Waals surface area contributed by atoms with Gasteiger partial charge in [-0.2, -0.15) is 0 Å². The smallest absolute Gasteiger partial charge is 0.0530 e. The minimum absolute atomic E-state index is 1.08. The number of aryl methyl sites for hydroxylation is 1. The number of fused-ring (bicyclic) bond motifs is 1. The molecule has 0 aliphatic carbocycles. The van der Waals surface area contributed by atoms with Crippen LogP contribution in [0.25, 0.3) is 16.6 Å². The van der Waals surface area contributed by atoms with Gasteiger partial charge in [0.05, 0.1) is 5.52 Å². The number of hydrogen-bond donors (Lipinski definition) is 0. The first-order chi connectivity index (χ1) is 6.63. The largest absolute Gasteiger partial charge is 0.318 e. The number of allylic oxidation sites excluding steroid dienone is 1. The van der Waals surface area contributed by atoms with Gasteiger partial charge in [-0.1, -0.05) is 24.8 Å². The molecule has 2 rings (SSSR count). The van der Waals surface area contributed by atoms with Crippen molar-refractivity contribution in [1.82, 2.24) is 4.57 Å². The lowest BCUT2D eigenvalue weighted by Gasteiger charge is -2.06. The van der Waals surface area contributed by atoms with E-state index in [1.165, 1.54) is 22.2 Å². The summed E-state index contributed by atoms with van der Waals surface area (Å²) in [5.41, 5.74) is 4.98. The van der Waals surface area contributed by atoms with Gasteiger partial charge < -0.3 is 4.57 Å². The molecule has 0 radical (unpaired) electrons. The molecule has 0 N–H and O–H groups in total. The summed E-state index contributed by atoms with van der Waals surface area (Å²) in [5.74, 6) is 0. The molecule has 72 valence electrons. The standard InChI is InChI=1S/C13H15N/c1-9(2)14-11(4)10(3)12-7-5-6-8-13(12)14/h5-8H,1H2,2-4H3. The van der Waals surface area contributed by atoms with Crippen molar-refractivity contribution in [1.29, 1.82) is 0 Å². The van der Waals surface area contributed by atoms with Gasteiger partial charge in [-0.05, 0) is 32.4 Å². The molecule has 0 fully saturated rings. The van der Waals surface area contributed by atoms with Crippen LogP contribution in [0, 0.1) is 13.8 Å². The van der Waals surface area contributed by atoms with Crippen LogP contribution in [-0.2, 0) is 0 Å². The molecule has 0 saturated heterocycles. The molecule has 0 spiro atoms. The molecule has 2 aromatic rings. The maximum absolute atomic E-state index is 4.01. The van der Waals surface area contributed by atoms with E-state index in [1.807, 2.05) is 6.92 Å². The average Bonchev–Trinajstić information content (AvgIpc) is 2.41. The Hall–Kier alpha value is -1.50. The van der Waals surface area contributed by atoms with E-state index < -0.39 is 0 Å². The molecule has 0 aliphatic rings. The Labute approximate surface area is 84.7 Å². The lowest BCUT2D eigenvalue weighted by Crippen LogP contribution is -1.94. The first-order valence-corrected chi connectivity index (χ1v) is 4.85. The van der Waals surface area contributed by atoms with Crippen LogP contribution in [0.3, 0.4) is 0 Å². The number of aromatic nitrogens is 1. The number of rotatable bonds is 1. The molecule has 1 aromatic carbocycles. The summed E-state index contributed by atoms with van der Waals surface area (Å²) in [4.78, 5) is 0. The molecule has 0 amide bonds. The summed E-state index contributed by atoms with van der Waals surface area (Å²) >= 11 is 0.